The van der Waals surface area contributed by atoms with Gasteiger partial charge in [0.15, 0.2) is 5.82 Å². The summed E-state index contributed by atoms with van der Waals surface area (Å²) in [5.41, 5.74) is 1.08. The molecule has 1 aromatic carbocycles. The summed E-state index contributed by atoms with van der Waals surface area (Å²) in [6.45, 7) is 2.97. The summed E-state index contributed by atoms with van der Waals surface area (Å²) in [6, 6.07) is 7.74. The van der Waals surface area contributed by atoms with Crippen LogP contribution in [0.5, 0.6) is 5.75 Å². The number of carbonyl (C=O) groups excluding carboxylic acids is 1. The minimum absolute atomic E-state index is 0.0215. The lowest BCUT2D eigenvalue weighted by Gasteiger charge is -2.16. The molecule has 1 aromatic heterocycles. The molecule has 1 saturated heterocycles. The Morgan fingerprint density at radius 1 is 1.38 bits per heavy atom. The summed E-state index contributed by atoms with van der Waals surface area (Å²) in [5, 5.41) is 3.91. The van der Waals surface area contributed by atoms with E-state index in [0.717, 1.165) is 11.3 Å². The van der Waals surface area contributed by atoms with Gasteiger partial charge in [-0.05, 0) is 17.7 Å². The smallest absolute Gasteiger partial charge is 0.223 e. The maximum atomic E-state index is 12.1. The van der Waals surface area contributed by atoms with E-state index in [1.807, 2.05) is 29.2 Å². The van der Waals surface area contributed by atoms with Crippen molar-refractivity contribution in [2.24, 2.45) is 0 Å². The van der Waals surface area contributed by atoms with Gasteiger partial charge >= 0.3 is 0 Å². The number of benzene rings is 1. The van der Waals surface area contributed by atoms with Crippen molar-refractivity contribution in [3.63, 3.8) is 0 Å². The molecule has 1 aliphatic rings. The Balaban J connectivity index is 1.67. The van der Waals surface area contributed by atoms with Crippen molar-refractivity contribution in [1.29, 1.82) is 0 Å². The van der Waals surface area contributed by atoms with Gasteiger partial charge in [-0.2, -0.15) is 4.98 Å². The molecule has 6 heteroatoms. The fourth-order valence-electron chi connectivity index (χ4n) is 2.53. The molecule has 0 aliphatic carbocycles. The van der Waals surface area contributed by atoms with Crippen molar-refractivity contribution in [3.8, 4) is 5.75 Å². The van der Waals surface area contributed by atoms with Gasteiger partial charge < -0.3 is 14.2 Å². The van der Waals surface area contributed by atoms with Gasteiger partial charge in [-0.15, -0.1) is 0 Å². The van der Waals surface area contributed by atoms with Crippen LogP contribution in [0.3, 0.4) is 0 Å². The first-order valence-corrected chi connectivity index (χ1v) is 6.86. The van der Waals surface area contributed by atoms with Gasteiger partial charge in [-0.1, -0.05) is 17.3 Å². The van der Waals surface area contributed by atoms with E-state index in [9.17, 15) is 4.79 Å². The number of aryl methyl sites for hydroxylation is 1. The quantitative estimate of drug-likeness (QED) is 0.859. The van der Waals surface area contributed by atoms with Gasteiger partial charge in [0.2, 0.25) is 11.8 Å². The first-order valence-electron chi connectivity index (χ1n) is 6.86. The van der Waals surface area contributed by atoms with Crippen LogP contribution in [-0.2, 0) is 11.3 Å². The van der Waals surface area contributed by atoms with Crippen LogP contribution in [0.4, 0.5) is 0 Å². The summed E-state index contributed by atoms with van der Waals surface area (Å²) < 4.78 is 10.1. The molecule has 2 heterocycles. The summed E-state index contributed by atoms with van der Waals surface area (Å²) in [5.74, 6) is 2.11. The lowest BCUT2D eigenvalue weighted by Crippen LogP contribution is -2.24. The average Bonchev–Trinajstić information content (AvgIpc) is 3.07. The second-order valence-electron chi connectivity index (χ2n) is 5.19. The first kappa shape index (κ1) is 13.6. The number of nitrogens with zero attached hydrogens (tertiary/aromatic N) is 3. The number of hydrogen-bond donors (Lipinski definition) is 0. The number of likely N-dealkylation sites (tertiary alicyclic amines) is 1. The van der Waals surface area contributed by atoms with E-state index >= 15 is 0 Å². The molecule has 1 fully saturated rings. The number of rotatable bonds is 4. The van der Waals surface area contributed by atoms with Crippen LogP contribution >= 0.6 is 0 Å². The summed E-state index contributed by atoms with van der Waals surface area (Å²) in [4.78, 5) is 18.2. The molecule has 110 valence electrons. The van der Waals surface area contributed by atoms with E-state index in [4.69, 9.17) is 9.26 Å². The van der Waals surface area contributed by atoms with E-state index in [-0.39, 0.29) is 11.8 Å². The molecule has 1 unspecified atom stereocenters. The average molecular weight is 287 g/mol. The van der Waals surface area contributed by atoms with Gasteiger partial charge in [-0.25, -0.2) is 0 Å². The molecular weight excluding hydrogens is 270 g/mol. The lowest BCUT2D eigenvalue weighted by molar-refractivity contribution is -0.128. The number of amides is 1. The summed E-state index contributed by atoms with van der Waals surface area (Å²) in [6.07, 6.45) is 0.440. The van der Waals surface area contributed by atoms with Crippen molar-refractivity contribution >= 4 is 5.91 Å². The van der Waals surface area contributed by atoms with Crippen molar-refractivity contribution < 1.29 is 14.1 Å². The van der Waals surface area contributed by atoms with Crippen LogP contribution in [0.2, 0.25) is 0 Å². The molecule has 0 spiro atoms. The molecule has 21 heavy (non-hydrogen) atoms. The minimum Gasteiger partial charge on any atom is -0.497 e. The Labute approximate surface area is 122 Å². The van der Waals surface area contributed by atoms with Gasteiger partial charge in [-0.3, -0.25) is 4.79 Å². The van der Waals surface area contributed by atoms with E-state index < -0.39 is 0 Å². The van der Waals surface area contributed by atoms with Crippen LogP contribution in [0.25, 0.3) is 0 Å². The second kappa shape index (κ2) is 5.55. The van der Waals surface area contributed by atoms with Crippen molar-refractivity contribution in [2.45, 2.75) is 25.8 Å². The Hall–Kier alpha value is -2.37. The minimum atomic E-state index is 0.0215. The van der Waals surface area contributed by atoms with Crippen LogP contribution in [0.15, 0.2) is 28.8 Å². The fourth-order valence-corrected chi connectivity index (χ4v) is 2.53. The van der Waals surface area contributed by atoms with E-state index in [1.165, 1.54) is 0 Å². The maximum Gasteiger partial charge on any atom is 0.223 e. The molecule has 0 bridgehead atoms. The zero-order valence-electron chi connectivity index (χ0n) is 12.1. The molecule has 6 nitrogen and oxygen atoms in total. The molecule has 1 aliphatic heterocycles. The van der Waals surface area contributed by atoms with Crippen molar-refractivity contribution in [2.75, 3.05) is 13.7 Å². The largest absolute Gasteiger partial charge is 0.497 e. The van der Waals surface area contributed by atoms with Gasteiger partial charge in [0.1, 0.15) is 5.75 Å². The highest BCUT2D eigenvalue weighted by Gasteiger charge is 2.33. The van der Waals surface area contributed by atoms with Gasteiger partial charge in [0.25, 0.3) is 0 Å². The van der Waals surface area contributed by atoms with Crippen LogP contribution in [0.1, 0.15) is 29.6 Å². The van der Waals surface area contributed by atoms with Gasteiger partial charge in [0, 0.05) is 32.4 Å². The second-order valence-corrected chi connectivity index (χ2v) is 5.19. The molecule has 1 atom stereocenters. The van der Waals surface area contributed by atoms with E-state index in [0.29, 0.717) is 31.2 Å². The van der Waals surface area contributed by atoms with Crippen LogP contribution < -0.4 is 4.74 Å². The molecule has 0 N–H and O–H groups in total. The topological polar surface area (TPSA) is 68.5 Å². The zero-order valence-corrected chi connectivity index (χ0v) is 12.1. The molecule has 3 rings (SSSR count). The van der Waals surface area contributed by atoms with Crippen LogP contribution in [-0.4, -0.2) is 34.6 Å². The Bertz CT molecular complexity index is 636. The third-order valence-electron chi connectivity index (χ3n) is 3.66. The van der Waals surface area contributed by atoms with Crippen molar-refractivity contribution in [1.82, 2.24) is 15.0 Å². The normalized spacial score (nSPS) is 18.3. The predicted octanol–water partition coefficient (Wildman–Crippen LogP) is 1.90. The standard InChI is InChI=1S/C15H17N3O3/c1-10-16-15(17-21-10)12-7-14(19)18(9-12)8-11-3-5-13(20-2)6-4-11/h3-6,12H,7-9H2,1-2H3. The van der Waals surface area contributed by atoms with E-state index in [2.05, 4.69) is 10.1 Å². The number of carbonyl (C=O) groups is 1. The third kappa shape index (κ3) is 2.89. The number of hydrogen-bond acceptors (Lipinski definition) is 5. The highest BCUT2D eigenvalue weighted by molar-refractivity contribution is 5.79. The molecule has 0 saturated carbocycles. The zero-order chi connectivity index (χ0) is 14.8. The Kier molecular flexibility index (Phi) is 3.60. The molecular formula is C15H17N3O3. The fraction of sp³-hybridized carbons (Fsp3) is 0.400. The molecule has 1 amide bonds. The van der Waals surface area contributed by atoms with Crippen LogP contribution in [0, 0.1) is 6.92 Å². The monoisotopic (exact) mass is 287 g/mol. The number of methoxy groups -OCH3 is 1. The SMILES string of the molecule is COc1ccc(CN2CC(c3noc(C)n3)CC2=O)cc1. The summed E-state index contributed by atoms with van der Waals surface area (Å²) >= 11 is 0. The number of aromatic nitrogens is 2. The van der Waals surface area contributed by atoms with E-state index in [1.54, 1.807) is 14.0 Å². The molecule has 0 radical (unpaired) electrons. The Morgan fingerprint density at radius 3 is 2.76 bits per heavy atom. The van der Waals surface area contributed by atoms with Gasteiger partial charge in [0.05, 0.1) is 7.11 Å². The number of ether oxygens (including phenoxy) is 1. The lowest BCUT2D eigenvalue weighted by atomic mass is 10.1. The third-order valence-corrected chi connectivity index (χ3v) is 3.66. The molecule has 2 aromatic rings. The predicted molar refractivity (Wildman–Crippen MR) is 74.8 cm³/mol. The summed E-state index contributed by atoms with van der Waals surface area (Å²) in [7, 11) is 1.64. The van der Waals surface area contributed by atoms with Crippen molar-refractivity contribution in [3.05, 3.63) is 41.5 Å². The first-order chi connectivity index (χ1) is 10.2. The maximum absolute atomic E-state index is 12.1. The Morgan fingerprint density at radius 2 is 2.14 bits per heavy atom. The highest BCUT2D eigenvalue weighted by atomic mass is 16.5. The highest BCUT2D eigenvalue weighted by Crippen LogP contribution is 2.27.